The molecule has 1 unspecified atom stereocenters. The quantitative estimate of drug-likeness (QED) is 0.516. The summed E-state index contributed by atoms with van der Waals surface area (Å²) in [7, 11) is 0. The van der Waals surface area contributed by atoms with Crippen LogP contribution < -0.4 is 11.1 Å². The zero-order valence-corrected chi connectivity index (χ0v) is 17.4. The monoisotopic (exact) mass is 403 g/mol. The second-order valence-electron chi connectivity index (χ2n) is 7.81. The van der Waals surface area contributed by atoms with Gasteiger partial charge in [-0.05, 0) is 46.8 Å². The van der Waals surface area contributed by atoms with E-state index in [1.54, 1.807) is 13.0 Å². The van der Waals surface area contributed by atoms with Crippen molar-refractivity contribution in [3.63, 3.8) is 0 Å². The third-order valence-corrected chi connectivity index (χ3v) is 4.19. The van der Waals surface area contributed by atoms with Crippen molar-refractivity contribution >= 4 is 35.2 Å². The molecule has 2 heterocycles. The highest BCUT2D eigenvalue weighted by Gasteiger charge is 2.20. The molecular weight excluding hydrogens is 378 g/mol. The Labute approximate surface area is 170 Å². The van der Waals surface area contributed by atoms with Gasteiger partial charge in [0.1, 0.15) is 11.3 Å². The van der Waals surface area contributed by atoms with Crippen LogP contribution in [-0.4, -0.2) is 31.6 Å². The second-order valence-corrected chi connectivity index (χ2v) is 7.81. The summed E-state index contributed by atoms with van der Waals surface area (Å²) in [5, 5.41) is 12.9. The highest BCUT2D eigenvalue weighted by atomic mass is 35.5. The van der Waals surface area contributed by atoms with Gasteiger partial charge >= 0.3 is 5.97 Å². The van der Waals surface area contributed by atoms with E-state index in [9.17, 15) is 9.90 Å². The lowest BCUT2D eigenvalue weighted by Crippen LogP contribution is -2.27. The lowest BCUT2D eigenvalue weighted by molar-refractivity contribution is 0.0695. The van der Waals surface area contributed by atoms with Crippen LogP contribution in [0.4, 0.5) is 5.82 Å². The van der Waals surface area contributed by atoms with E-state index in [0.717, 1.165) is 16.8 Å². The number of hydrogen-bond acceptors (Lipinski definition) is 5. The van der Waals surface area contributed by atoms with E-state index < -0.39 is 12.0 Å². The van der Waals surface area contributed by atoms with E-state index in [2.05, 4.69) is 36.1 Å². The fraction of sp³-hybridized carbons (Fsp3) is 0.350. The van der Waals surface area contributed by atoms with Crippen LogP contribution in [-0.2, 0) is 0 Å². The summed E-state index contributed by atoms with van der Waals surface area (Å²) in [6.07, 6.45) is 0. The maximum atomic E-state index is 11.6. The third-order valence-electron chi connectivity index (χ3n) is 4.19. The van der Waals surface area contributed by atoms with Crippen molar-refractivity contribution in [1.82, 2.24) is 15.0 Å². The van der Waals surface area contributed by atoms with Crippen LogP contribution in [0, 0.1) is 6.92 Å². The predicted molar refractivity (Wildman–Crippen MR) is 114 cm³/mol. The van der Waals surface area contributed by atoms with Crippen molar-refractivity contribution < 1.29 is 9.90 Å². The first-order valence-electron chi connectivity index (χ1n) is 8.84. The average molecular weight is 404 g/mol. The number of aromatic nitrogens is 3. The molecule has 1 atom stereocenters. The van der Waals surface area contributed by atoms with Crippen molar-refractivity contribution in [3.05, 3.63) is 41.2 Å². The molecule has 3 aromatic rings. The molecule has 7 nitrogen and oxygen atoms in total. The van der Waals surface area contributed by atoms with Crippen LogP contribution in [0.1, 0.15) is 55.5 Å². The number of carbonyl (C=O) groups is 1. The standard InChI is InChI=1S/C20H25N5O2.ClH/c1-10(21)16-13(19(26)27)9-15(23-16)12-7-6-8-14-17(12)24-18(11(2)22-14)25-20(3,4)5;/h6-10,23H,21H2,1-5H3,(H,24,25)(H,26,27);1H. The number of carboxylic acids is 1. The number of aromatic carboxylic acids is 1. The molecule has 28 heavy (non-hydrogen) atoms. The van der Waals surface area contributed by atoms with Gasteiger partial charge in [-0.25, -0.2) is 14.8 Å². The zero-order chi connectivity index (χ0) is 19.9. The number of benzene rings is 1. The minimum Gasteiger partial charge on any atom is -0.478 e. The fourth-order valence-corrected chi connectivity index (χ4v) is 3.01. The summed E-state index contributed by atoms with van der Waals surface area (Å²) >= 11 is 0. The van der Waals surface area contributed by atoms with Crippen molar-refractivity contribution in [1.29, 1.82) is 0 Å². The van der Waals surface area contributed by atoms with Gasteiger partial charge in [0.05, 0.1) is 16.8 Å². The Bertz CT molecular complexity index is 1020. The number of halogens is 1. The van der Waals surface area contributed by atoms with Gasteiger partial charge in [0.2, 0.25) is 0 Å². The zero-order valence-electron chi connectivity index (χ0n) is 16.6. The van der Waals surface area contributed by atoms with E-state index in [0.29, 0.717) is 22.7 Å². The van der Waals surface area contributed by atoms with Gasteiger partial charge in [0.25, 0.3) is 0 Å². The molecule has 5 N–H and O–H groups in total. The van der Waals surface area contributed by atoms with Crippen LogP contribution in [0.2, 0.25) is 0 Å². The number of aryl methyl sites for hydroxylation is 1. The van der Waals surface area contributed by atoms with Gasteiger partial charge in [0.15, 0.2) is 0 Å². The minimum absolute atomic E-state index is 0. The van der Waals surface area contributed by atoms with Crippen LogP contribution in [0.3, 0.4) is 0 Å². The van der Waals surface area contributed by atoms with E-state index in [-0.39, 0.29) is 23.5 Å². The third kappa shape index (κ3) is 4.26. The number of para-hydroxylation sites is 1. The molecule has 0 fully saturated rings. The Kier molecular flexibility index (Phi) is 6.01. The lowest BCUT2D eigenvalue weighted by Gasteiger charge is -2.22. The number of nitrogens with one attached hydrogen (secondary N) is 2. The first kappa shape index (κ1) is 21.7. The van der Waals surface area contributed by atoms with Crippen molar-refractivity contribution in [2.75, 3.05) is 5.32 Å². The summed E-state index contributed by atoms with van der Waals surface area (Å²) in [5.41, 5.74) is 10.1. The van der Waals surface area contributed by atoms with Gasteiger partial charge in [-0.15, -0.1) is 12.4 Å². The number of rotatable bonds is 4. The summed E-state index contributed by atoms with van der Waals surface area (Å²) in [6.45, 7) is 9.84. The average Bonchev–Trinajstić information content (AvgIpc) is 2.99. The number of aromatic amines is 1. The SMILES string of the molecule is Cc1nc2cccc(-c3cc(C(=O)O)c(C(C)N)[nH]3)c2nc1NC(C)(C)C.Cl. The van der Waals surface area contributed by atoms with E-state index in [4.69, 9.17) is 10.7 Å². The number of anilines is 1. The van der Waals surface area contributed by atoms with Gasteiger partial charge in [-0.1, -0.05) is 12.1 Å². The number of nitrogens with zero attached hydrogens (tertiary/aromatic N) is 2. The van der Waals surface area contributed by atoms with Gasteiger partial charge < -0.3 is 21.1 Å². The maximum absolute atomic E-state index is 11.6. The van der Waals surface area contributed by atoms with Crippen LogP contribution in [0.15, 0.2) is 24.3 Å². The van der Waals surface area contributed by atoms with E-state index in [1.807, 2.05) is 25.1 Å². The molecule has 1 aromatic carbocycles. The Morgan fingerprint density at radius 3 is 2.50 bits per heavy atom. The molecule has 0 aliphatic heterocycles. The van der Waals surface area contributed by atoms with Crippen LogP contribution in [0.25, 0.3) is 22.3 Å². The molecule has 2 aromatic heterocycles. The van der Waals surface area contributed by atoms with Crippen molar-refractivity contribution in [2.24, 2.45) is 5.73 Å². The van der Waals surface area contributed by atoms with Crippen molar-refractivity contribution in [2.45, 2.75) is 46.2 Å². The smallest absolute Gasteiger partial charge is 0.337 e. The topological polar surface area (TPSA) is 117 Å². The number of fused-ring (bicyclic) bond motifs is 1. The first-order chi connectivity index (χ1) is 12.6. The Hall–Kier alpha value is -2.64. The molecule has 0 aliphatic rings. The molecular formula is C20H26ClN5O2. The van der Waals surface area contributed by atoms with Gasteiger partial charge in [0, 0.05) is 28.5 Å². The Morgan fingerprint density at radius 1 is 1.29 bits per heavy atom. The van der Waals surface area contributed by atoms with Crippen LogP contribution >= 0.6 is 12.4 Å². The largest absolute Gasteiger partial charge is 0.478 e. The number of nitrogens with two attached hydrogens (primary N) is 1. The molecule has 0 amide bonds. The lowest BCUT2D eigenvalue weighted by atomic mass is 10.1. The minimum atomic E-state index is -1.01. The number of hydrogen-bond donors (Lipinski definition) is 4. The molecule has 0 saturated carbocycles. The van der Waals surface area contributed by atoms with Crippen LogP contribution in [0.5, 0.6) is 0 Å². The summed E-state index contributed by atoms with van der Waals surface area (Å²) in [4.78, 5) is 24.2. The first-order valence-corrected chi connectivity index (χ1v) is 8.84. The summed E-state index contributed by atoms with van der Waals surface area (Å²) in [6, 6.07) is 6.86. The van der Waals surface area contributed by atoms with Crippen molar-refractivity contribution in [3.8, 4) is 11.3 Å². The van der Waals surface area contributed by atoms with Gasteiger partial charge in [-0.2, -0.15) is 0 Å². The number of carboxylic acid groups (broad SMARTS) is 1. The molecule has 0 saturated heterocycles. The fourth-order valence-electron chi connectivity index (χ4n) is 3.01. The summed E-state index contributed by atoms with van der Waals surface area (Å²) in [5.74, 6) is -0.304. The molecule has 0 radical (unpaired) electrons. The molecule has 8 heteroatoms. The molecule has 3 rings (SSSR count). The van der Waals surface area contributed by atoms with E-state index >= 15 is 0 Å². The van der Waals surface area contributed by atoms with Gasteiger partial charge in [-0.3, -0.25) is 0 Å². The Morgan fingerprint density at radius 2 is 1.96 bits per heavy atom. The second kappa shape index (κ2) is 7.77. The normalized spacial score (nSPS) is 12.5. The molecule has 0 spiro atoms. The number of H-pyrrole nitrogens is 1. The van der Waals surface area contributed by atoms with E-state index in [1.165, 1.54) is 0 Å². The molecule has 0 aliphatic carbocycles. The Balaban J connectivity index is 0.00000280. The maximum Gasteiger partial charge on any atom is 0.337 e. The predicted octanol–water partition coefficient (Wildman–Crippen LogP) is 4.28. The summed E-state index contributed by atoms with van der Waals surface area (Å²) < 4.78 is 0. The molecule has 150 valence electrons. The highest BCUT2D eigenvalue weighted by Crippen LogP contribution is 2.31. The highest BCUT2D eigenvalue weighted by molar-refractivity contribution is 5.95. The molecule has 0 bridgehead atoms.